The average molecular weight is 1160 g/mol. The number of amides is 4. The molecule has 0 aromatic rings. The van der Waals surface area contributed by atoms with Crippen molar-refractivity contribution in [2.24, 2.45) is 0 Å². The number of aliphatic hydroxyl groups excluding tert-OH is 3. The van der Waals surface area contributed by atoms with Crippen molar-refractivity contribution < 1.29 is 53.4 Å². The fourth-order valence-electron chi connectivity index (χ4n) is 18.1. The summed E-state index contributed by atoms with van der Waals surface area (Å²) >= 11 is 0. The Hall–Kier alpha value is -2.56. The quantitative estimate of drug-likeness (QED) is 0.147. The van der Waals surface area contributed by atoms with Gasteiger partial charge >= 0.3 is 0 Å². The van der Waals surface area contributed by atoms with Gasteiger partial charge in [-0.2, -0.15) is 0 Å². The van der Waals surface area contributed by atoms with Gasteiger partial charge in [-0.3, -0.25) is 29.0 Å². The summed E-state index contributed by atoms with van der Waals surface area (Å²) in [5, 5.41) is 40.9. The lowest BCUT2D eigenvalue weighted by Crippen LogP contribution is -2.69. The second-order valence-electron chi connectivity index (χ2n) is 33.8. The van der Waals surface area contributed by atoms with Gasteiger partial charge in [0.05, 0.1) is 37.9 Å². The van der Waals surface area contributed by atoms with E-state index < -0.39 is 74.7 Å². The molecule has 8 fully saturated rings. The summed E-state index contributed by atoms with van der Waals surface area (Å²) in [5.74, 6) is -0.375. The highest BCUT2D eigenvalue weighted by Crippen LogP contribution is 2.55. The summed E-state index contributed by atoms with van der Waals surface area (Å²) in [6.07, 6.45) is 2.30. The molecule has 3 atom stereocenters. The van der Waals surface area contributed by atoms with E-state index in [1.54, 1.807) is 19.6 Å². The molecule has 0 aliphatic carbocycles. The molecule has 8 aliphatic rings. The molecule has 8 saturated heterocycles. The van der Waals surface area contributed by atoms with Crippen LogP contribution in [0.5, 0.6) is 0 Å². The lowest BCUT2D eigenvalue weighted by atomic mass is 9.70. The van der Waals surface area contributed by atoms with Crippen LogP contribution in [0.3, 0.4) is 0 Å². The monoisotopic (exact) mass is 1160 g/mol. The largest absolute Gasteiger partial charge is 0.391 e. The zero-order valence-corrected chi connectivity index (χ0v) is 55.9. The molecule has 19 heteroatoms. The first-order chi connectivity index (χ1) is 36.5. The van der Waals surface area contributed by atoms with Crippen LogP contribution >= 0.6 is 0 Å². The number of ether oxygens (including phenoxy) is 4. The number of aliphatic hydroxyl groups is 3. The first kappa shape index (κ1) is 67.0. The molecule has 0 radical (unpaired) electrons. The Kier molecular flexibility index (Phi) is 16.5. The number of rotatable bonds is 11. The van der Waals surface area contributed by atoms with Crippen molar-refractivity contribution in [2.45, 2.75) is 339 Å². The van der Waals surface area contributed by atoms with Crippen molar-refractivity contribution in [3.8, 4) is 0 Å². The Morgan fingerprint density at radius 3 is 0.841 bits per heavy atom. The highest BCUT2D eigenvalue weighted by Gasteiger charge is 2.68. The Morgan fingerprint density at radius 2 is 0.585 bits per heavy atom. The molecule has 3 unspecified atom stereocenters. The first-order valence-corrected chi connectivity index (χ1v) is 30.7. The highest BCUT2D eigenvalue weighted by molar-refractivity contribution is 5.90. The summed E-state index contributed by atoms with van der Waals surface area (Å²) < 4.78 is 26.6. The van der Waals surface area contributed by atoms with Gasteiger partial charge in [0.1, 0.15) is 22.9 Å². The number of β-amino-alcohol motifs (C(OH)–C–C–N with tert-alkyl or cyclic N) is 3. The summed E-state index contributed by atoms with van der Waals surface area (Å²) in [4.78, 5) is 68.1. The van der Waals surface area contributed by atoms with Gasteiger partial charge in [-0.25, -0.2) is 0 Å². The Labute approximate surface area is 493 Å². The number of carbonyl (C=O) groups is 4. The normalized spacial score (nSPS) is 31.7. The van der Waals surface area contributed by atoms with Gasteiger partial charge in [0.15, 0.2) is 22.4 Å². The molecule has 4 amide bonds. The number of nitrogens with zero attached hydrogens (tertiary/aromatic N) is 6. The van der Waals surface area contributed by atoms with Gasteiger partial charge in [0.2, 0.25) is 0 Å². The van der Waals surface area contributed by atoms with E-state index in [0.717, 1.165) is 0 Å². The predicted octanol–water partition coefficient (Wildman–Crippen LogP) is 6.62. The van der Waals surface area contributed by atoms with E-state index in [4.69, 9.17) is 18.9 Å². The van der Waals surface area contributed by atoms with Crippen molar-refractivity contribution in [2.75, 3.05) is 39.8 Å². The minimum Gasteiger partial charge on any atom is -0.391 e. The minimum atomic E-state index is -1.18. The fraction of sp³-hybridized carbons (Fsp3) is 0.937. The topological polar surface area (TPSA) is 209 Å². The van der Waals surface area contributed by atoms with Crippen LogP contribution in [0.1, 0.15) is 231 Å². The highest BCUT2D eigenvalue weighted by atomic mass is 16.6. The molecular formula is C63H114N8O11. The van der Waals surface area contributed by atoms with Crippen LogP contribution in [0, 0.1) is 0 Å². The van der Waals surface area contributed by atoms with Crippen molar-refractivity contribution in [1.82, 2.24) is 40.0 Å². The van der Waals surface area contributed by atoms with Crippen LogP contribution in [0.4, 0.5) is 0 Å². The minimum absolute atomic E-state index is 0.00862. The molecule has 0 saturated carbocycles. The summed E-state index contributed by atoms with van der Waals surface area (Å²) in [6, 6.07) is 0. The lowest BCUT2D eigenvalue weighted by Gasteiger charge is -2.58. The molecule has 82 heavy (non-hydrogen) atoms. The summed E-state index contributed by atoms with van der Waals surface area (Å²) in [5.41, 5.74) is -10.3. The molecular weight excluding hydrogens is 1040 g/mol. The van der Waals surface area contributed by atoms with Gasteiger partial charge in [0.25, 0.3) is 23.6 Å². The molecule has 8 rings (SSSR count). The number of piperidine rings is 4. The maximum absolute atomic E-state index is 14.8. The summed E-state index contributed by atoms with van der Waals surface area (Å²) in [7, 11) is 2.09. The maximum atomic E-state index is 14.8. The van der Waals surface area contributed by atoms with Crippen LogP contribution in [0.25, 0.3) is 0 Å². The molecule has 5 N–H and O–H groups in total. The molecule has 0 aromatic carbocycles. The van der Waals surface area contributed by atoms with Gasteiger partial charge in [-0.1, -0.05) is 6.92 Å². The Balaban J connectivity index is 0.000000367. The van der Waals surface area contributed by atoms with E-state index in [9.17, 15) is 34.5 Å². The van der Waals surface area contributed by atoms with Crippen molar-refractivity contribution >= 4 is 23.6 Å². The van der Waals surface area contributed by atoms with Crippen LogP contribution in [-0.2, 0) is 38.1 Å². The van der Waals surface area contributed by atoms with Gasteiger partial charge < -0.3 is 64.5 Å². The third-order valence-corrected chi connectivity index (χ3v) is 19.8. The third kappa shape index (κ3) is 12.3. The SMILES string of the molecule is CCC(O)CN1C(=O)C2(CC(C)(C)NC(C)(C)C2)OC1(C)C.CN1C(C)(C)CC2(CC1(C)C)OC(C)(C)N(CC(O)CN1C(=O)C3(CC(C)(C)N(CC(O)CN4C(=O)C5(CC(C)(C)NC(C)(C)C5)OC4(C)C)C(C)(C)C3)OC1(C)C)C2=O. The number of nitrogens with one attached hydrogen (secondary N) is 2. The molecule has 0 aromatic heterocycles. The fourth-order valence-corrected chi connectivity index (χ4v) is 18.1. The van der Waals surface area contributed by atoms with E-state index in [2.05, 4.69) is 138 Å². The predicted molar refractivity (Wildman–Crippen MR) is 317 cm³/mol. The van der Waals surface area contributed by atoms with Crippen LogP contribution in [0.2, 0.25) is 0 Å². The molecule has 0 bridgehead atoms. The van der Waals surface area contributed by atoms with E-state index in [1.807, 2.05) is 62.3 Å². The maximum Gasteiger partial charge on any atom is 0.257 e. The van der Waals surface area contributed by atoms with Crippen molar-refractivity contribution in [3.05, 3.63) is 0 Å². The molecule has 472 valence electrons. The van der Waals surface area contributed by atoms with E-state index in [1.165, 1.54) is 0 Å². The van der Waals surface area contributed by atoms with Crippen LogP contribution < -0.4 is 10.6 Å². The third-order valence-electron chi connectivity index (χ3n) is 19.8. The number of hydrogen-bond acceptors (Lipinski definition) is 15. The second kappa shape index (κ2) is 20.2. The van der Waals surface area contributed by atoms with Crippen LogP contribution in [-0.4, -0.2) is 216 Å². The summed E-state index contributed by atoms with van der Waals surface area (Å²) in [6.45, 7) is 51.5. The Morgan fingerprint density at radius 1 is 0.366 bits per heavy atom. The van der Waals surface area contributed by atoms with Gasteiger partial charge in [0, 0.05) is 109 Å². The molecule has 8 heterocycles. The molecule has 19 nitrogen and oxygen atoms in total. The van der Waals surface area contributed by atoms with Gasteiger partial charge in [-0.05, 0) is 180 Å². The average Bonchev–Trinajstić information content (AvgIpc) is 3.88. The standard InChI is InChI=1S/C46H82N6O8.C17H32N2O3/c1-35(2)24-44(25-36(3,4)47-35)32(55)51(41(13,14)58-44)22-31(54)23-52-39(9,10)28-46(29-40(52,11)12)34(57)50(43(17,18)60-46)21-30(53)20-49-33(56)45(59-42(49,15)16)26-37(5,6)48(19)38(7,8)27-45;1-8-12(20)9-19-13(21)17(22-16(19,6)7)10-14(2,3)18-15(4,5)11-17/h30-31,47,53-54H,20-29H2,1-19H3;12,18,20H,8-11H2,1-7H3. The van der Waals surface area contributed by atoms with E-state index >= 15 is 0 Å². The Bertz CT molecular complexity index is 2410. The number of likely N-dealkylation sites (tertiary alicyclic amines) is 2. The molecule has 4 spiro atoms. The van der Waals surface area contributed by atoms with E-state index in [0.29, 0.717) is 64.3 Å². The van der Waals surface area contributed by atoms with Crippen molar-refractivity contribution in [3.63, 3.8) is 0 Å². The number of carbonyl (C=O) groups excluding carboxylic acids is 4. The number of hydrogen-bond donors (Lipinski definition) is 5. The first-order valence-electron chi connectivity index (χ1n) is 30.7. The van der Waals surface area contributed by atoms with Crippen LogP contribution in [0.15, 0.2) is 0 Å². The van der Waals surface area contributed by atoms with E-state index in [-0.39, 0.29) is 83.0 Å². The zero-order chi connectivity index (χ0) is 62.6. The zero-order valence-electron chi connectivity index (χ0n) is 55.9. The molecule has 8 aliphatic heterocycles. The lowest BCUT2D eigenvalue weighted by molar-refractivity contribution is -0.190. The van der Waals surface area contributed by atoms with Gasteiger partial charge in [-0.15, -0.1) is 0 Å². The smallest absolute Gasteiger partial charge is 0.257 e. The second-order valence-corrected chi connectivity index (χ2v) is 33.8. The van der Waals surface area contributed by atoms with Crippen molar-refractivity contribution in [1.29, 1.82) is 0 Å².